The molecular formula is C17H29N3O. The van der Waals surface area contributed by atoms with Crippen molar-refractivity contribution in [2.75, 3.05) is 19.7 Å². The van der Waals surface area contributed by atoms with Gasteiger partial charge in [-0.05, 0) is 26.2 Å². The Morgan fingerprint density at radius 3 is 2.76 bits per heavy atom. The molecule has 1 aromatic heterocycles. The second-order valence-corrected chi connectivity index (χ2v) is 6.88. The first-order valence-electron chi connectivity index (χ1n) is 8.57. The summed E-state index contributed by atoms with van der Waals surface area (Å²) in [6.45, 7) is 8.24. The van der Waals surface area contributed by atoms with Crippen molar-refractivity contribution < 1.29 is 4.74 Å². The number of aromatic nitrogens is 2. The van der Waals surface area contributed by atoms with Crippen molar-refractivity contribution in [3.63, 3.8) is 0 Å². The van der Waals surface area contributed by atoms with Gasteiger partial charge >= 0.3 is 0 Å². The number of hydrogen-bond donors (Lipinski definition) is 1. The van der Waals surface area contributed by atoms with Crippen LogP contribution in [0.2, 0.25) is 0 Å². The highest BCUT2D eigenvalue weighted by molar-refractivity contribution is 5.22. The zero-order valence-electron chi connectivity index (χ0n) is 13.5. The predicted molar refractivity (Wildman–Crippen MR) is 84.3 cm³/mol. The number of nitrogens with zero attached hydrogens (tertiary/aromatic N) is 2. The van der Waals surface area contributed by atoms with Gasteiger partial charge in [-0.15, -0.1) is 0 Å². The minimum absolute atomic E-state index is 0.439. The number of ether oxygens (including phenoxy) is 1. The highest BCUT2D eigenvalue weighted by Crippen LogP contribution is 2.29. The van der Waals surface area contributed by atoms with E-state index in [1.54, 1.807) is 0 Å². The molecule has 4 nitrogen and oxygen atoms in total. The minimum atomic E-state index is 0.439. The van der Waals surface area contributed by atoms with Crippen LogP contribution in [0.25, 0.3) is 0 Å². The van der Waals surface area contributed by atoms with Gasteiger partial charge in [-0.1, -0.05) is 32.1 Å². The van der Waals surface area contributed by atoms with Crippen LogP contribution in [-0.4, -0.2) is 40.9 Å². The van der Waals surface area contributed by atoms with E-state index >= 15 is 0 Å². The molecule has 0 spiro atoms. The average molecular weight is 291 g/mol. The lowest BCUT2D eigenvalue weighted by Crippen LogP contribution is -2.42. The summed E-state index contributed by atoms with van der Waals surface area (Å²) in [6, 6.07) is 0. The van der Waals surface area contributed by atoms with Crippen molar-refractivity contribution in [2.24, 2.45) is 5.92 Å². The highest BCUT2D eigenvalue weighted by Gasteiger charge is 2.25. The molecule has 118 valence electrons. The van der Waals surface area contributed by atoms with Crippen LogP contribution < -0.4 is 0 Å². The van der Waals surface area contributed by atoms with Gasteiger partial charge in [0.1, 0.15) is 0 Å². The van der Waals surface area contributed by atoms with Gasteiger partial charge < -0.3 is 4.74 Å². The Hall–Kier alpha value is -0.870. The largest absolute Gasteiger partial charge is 0.376 e. The van der Waals surface area contributed by atoms with E-state index in [1.807, 2.05) is 0 Å². The third kappa shape index (κ3) is 3.86. The standard InChI is InChI=1S/C17H29N3O/c1-13-17(14(2)19-18-13)12-20-8-9-21-16(11-20)10-15-6-4-3-5-7-15/h15-16H,3-12H2,1-2H3,(H,18,19)/t16-/m1/s1. The summed E-state index contributed by atoms with van der Waals surface area (Å²) in [5.74, 6) is 0.904. The number of nitrogens with one attached hydrogen (secondary N) is 1. The third-order valence-corrected chi connectivity index (χ3v) is 5.21. The number of H-pyrrole nitrogens is 1. The lowest BCUT2D eigenvalue weighted by atomic mass is 9.85. The molecule has 1 aliphatic heterocycles. The molecule has 1 N–H and O–H groups in total. The number of aryl methyl sites for hydroxylation is 2. The quantitative estimate of drug-likeness (QED) is 0.926. The Kier molecular flexibility index (Phi) is 4.96. The van der Waals surface area contributed by atoms with Crippen LogP contribution in [0.5, 0.6) is 0 Å². The first-order chi connectivity index (χ1) is 10.2. The Labute approximate surface area is 128 Å². The Morgan fingerprint density at radius 1 is 1.24 bits per heavy atom. The number of rotatable bonds is 4. The zero-order chi connectivity index (χ0) is 14.7. The van der Waals surface area contributed by atoms with E-state index in [9.17, 15) is 0 Å². The summed E-state index contributed by atoms with van der Waals surface area (Å²) >= 11 is 0. The van der Waals surface area contributed by atoms with Gasteiger partial charge in [0, 0.05) is 30.9 Å². The minimum Gasteiger partial charge on any atom is -0.376 e. The van der Waals surface area contributed by atoms with Crippen molar-refractivity contribution in [2.45, 2.75) is 65.0 Å². The average Bonchev–Trinajstić information content (AvgIpc) is 2.81. The fourth-order valence-corrected chi connectivity index (χ4v) is 3.89. The van der Waals surface area contributed by atoms with Gasteiger partial charge in [0.2, 0.25) is 0 Å². The van der Waals surface area contributed by atoms with E-state index in [2.05, 4.69) is 28.9 Å². The Balaban J connectivity index is 1.53. The lowest BCUT2D eigenvalue weighted by Gasteiger charge is -2.35. The maximum Gasteiger partial charge on any atom is 0.0705 e. The molecule has 4 heteroatoms. The Bertz CT molecular complexity index is 431. The first-order valence-corrected chi connectivity index (χ1v) is 8.57. The van der Waals surface area contributed by atoms with E-state index < -0.39 is 0 Å². The molecule has 1 aliphatic carbocycles. The van der Waals surface area contributed by atoms with Gasteiger partial charge in [0.05, 0.1) is 18.4 Å². The summed E-state index contributed by atoms with van der Waals surface area (Å²) in [6.07, 6.45) is 8.82. The van der Waals surface area contributed by atoms with Crippen LogP contribution in [0.15, 0.2) is 0 Å². The maximum atomic E-state index is 6.03. The molecule has 0 aromatic carbocycles. The summed E-state index contributed by atoms with van der Waals surface area (Å²) in [5, 5.41) is 7.41. The van der Waals surface area contributed by atoms with Crippen molar-refractivity contribution in [1.82, 2.24) is 15.1 Å². The highest BCUT2D eigenvalue weighted by atomic mass is 16.5. The van der Waals surface area contributed by atoms with Crippen LogP contribution in [-0.2, 0) is 11.3 Å². The maximum absolute atomic E-state index is 6.03. The lowest BCUT2D eigenvalue weighted by molar-refractivity contribution is -0.0440. The second-order valence-electron chi connectivity index (χ2n) is 6.88. The van der Waals surface area contributed by atoms with Crippen molar-refractivity contribution in [3.8, 4) is 0 Å². The molecule has 1 atom stereocenters. The normalized spacial score (nSPS) is 25.3. The monoisotopic (exact) mass is 291 g/mol. The molecule has 0 bridgehead atoms. The van der Waals surface area contributed by atoms with E-state index in [-0.39, 0.29) is 0 Å². The second kappa shape index (κ2) is 6.93. The fourth-order valence-electron chi connectivity index (χ4n) is 3.89. The Morgan fingerprint density at radius 2 is 2.05 bits per heavy atom. The van der Waals surface area contributed by atoms with Gasteiger partial charge in [-0.3, -0.25) is 10.00 Å². The van der Waals surface area contributed by atoms with E-state index in [0.29, 0.717) is 6.10 Å². The molecule has 0 unspecified atom stereocenters. The van der Waals surface area contributed by atoms with Crippen LogP contribution in [0, 0.1) is 19.8 Å². The molecular weight excluding hydrogens is 262 g/mol. The molecule has 21 heavy (non-hydrogen) atoms. The summed E-state index contributed by atoms with van der Waals surface area (Å²) in [7, 11) is 0. The summed E-state index contributed by atoms with van der Waals surface area (Å²) in [5.41, 5.74) is 3.72. The van der Waals surface area contributed by atoms with E-state index in [1.165, 1.54) is 49.8 Å². The zero-order valence-corrected chi connectivity index (χ0v) is 13.5. The van der Waals surface area contributed by atoms with Gasteiger partial charge in [0.15, 0.2) is 0 Å². The predicted octanol–water partition coefficient (Wildman–Crippen LogP) is 3.20. The van der Waals surface area contributed by atoms with E-state index in [0.717, 1.165) is 37.9 Å². The SMILES string of the molecule is Cc1n[nH]c(C)c1CN1CCO[C@H](CC2CCCCC2)C1. The van der Waals surface area contributed by atoms with Crippen LogP contribution >= 0.6 is 0 Å². The smallest absolute Gasteiger partial charge is 0.0705 e. The molecule has 2 fully saturated rings. The van der Waals surface area contributed by atoms with Crippen molar-refractivity contribution >= 4 is 0 Å². The number of morpholine rings is 1. The molecule has 3 rings (SSSR count). The molecule has 0 radical (unpaired) electrons. The molecule has 1 saturated heterocycles. The van der Waals surface area contributed by atoms with Crippen molar-refractivity contribution in [1.29, 1.82) is 0 Å². The topological polar surface area (TPSA) is 41.2 Å². The molecule has 1 saturated carbocycles. The molecule has 0 amide bonds. The molecule has 1 aromatic rings. The summed E-state index contributed by atoms with van der Waals surface area (Å²) in [4.78, 5) is 2.54. The number of aromatic amines is 1. The van der Waals surface area contributed by atoms with Crippen molar-refractivity contribution in [3.05, 3.63) is 17.0 Å². The van der Waals surface area contributed by atoms with Crippen LogP contribution in [0.4, 0.5) is 0 Å². The fraction of sp³-hybridized carbons (Fsp3) is 0.824. The van der Waals surface area contributed by atoms with Crippen LogP contribution in [0.1, 0.15) is 55.5 Å². The first kappa shape index (κ1) is 15.0. The van der Waals surface area contributed by atoms with Crippen LogP contribution in [0.3, 0.4) is 0 Å². The molecule has 2 aliphatic rings. The summed E-state index contributed by atoms with van der Waals surface area (Å²) < 4.78 is 6.03. The number of hydrogen-bond acceptors (Lipinski definition) is 3. The van der Waals surface area contributed by atoms with E-state index in [4.69, 9.17) is 4.74 Å². The van der Waals surface area contributed by atoms with Gasteiger partial charge in [0.25, 0.3) is 0 Å². The van der Waals surface area contributed by atoms with Gasteiger partial charge in [-0.25, -0.2) is 0 Å². The van der Waals surface area contributed by atoms with Gasteiger partial charge in [-0.2, -0.15) is 5.10 Å². The third-order valence-electron chi connectivity index (χ3n) is 5.21. The molecule has 2 heterocycles.